The van der Waals surface area contributed by atoms with Crippen LogP contribution in [0.15, 0.2) is 53.1 Å². The Morgan fingerprint density at radius 2 is 1.79 bits per heavy atom. The van der Waals surface area contributed by atoms with E-state index >= 15 is 0 Å². The van der Waals surface area contributed by atoms with Crippen LogP contribution >= 0.6 is 11.6 Å². The van der Waals surface area contributed by atoms with E-state index in [0.29, 0.717) is 22.2 Å². The second kappa shape index (κ2) is 9.29. The number of ether oxygens (including phenoxy) is 2. The molecule has 0 fully saturated rings. The fourth-order valence-electron chi connectivity index (χ4n) is 2.20. The predicted molar refractivity (Wildman–Crippen MR) is 108 cm³/mol. The number of methoxy groups -OCH3 is 2. The molecule has 9 nitrogen and oxygen atoms in total. The minimum atomic E-state index is -3.84. The Balaban J connectivity index is 2.20. The van der Waals surface area contributed by atoms with Crippen LogP contribution in [-0.2, 0) is 14.8 Å². The van der Waals surface area contributed by atoms with Gasteiger partial charge >= 0.3 is 0 Å². The zero-order valence-electron chi connectivity index (χ0n) is 15.4. The molecule has 0 saturated carbocycles. The molecule has 0 aliphatic rings. The molecule has 2 aromatic carbocycles. The monoisotopic (exact) mass is 436 g/mol. The number of amides is 1. The van der Waals surface area contributed by atoms with Gasteiger partial charge in [0.15, 0.2) is 0 Å². The minimum Gasteiger partial charge on any atom is -0.495 e. The maximum Gasteiger partial charge on any atom is 0.267 e. The van der Waals surface area contributed by atoms with E-state index < -0.39 is 15.9 Å². The van der Waals surface area contributed by atoms with Crippen molar-refractivity contribution in [1.29, 1.82) is 5.26 Å². The first kappa shape index (κ1) is 22.0. The highest BCUT2D eigenvalue weighted by atomic mass is 35.5. The van der Waals surface area contributed by atoms with Crippen LogP contribution in [0.25, 0.3) is 0 Å². The number of nitrogens with zero attached hydrogens (tertiary/aromatic N) is 1. The van der Waals surface area contributed by atoms with Crippen LogP contribution in [0.4, 0.5) is 11.4 Å². The molecule has 11 heteroatoms. The average Bonchev–Trinajstić information content (AvgIpc) is 2.68. The lowest BCUT2D eigenvalue weighted by molar-refractivity contribution is -0.112. The number of hydrogen-bond donors (Lipinski definition) is 3. The largest absolute Gasteiger partial charge is 0.495 e. The number of rotatable bonds is 7. The van der Waals surface area contributed by atoms with Gasteiger partial charge in [0.1, 0.15) is 23.1 Å². The first-order valence-electron chi connectivity index (χ1n) is 7.92. The fourth-order valence-corrected chi connectivity index (χ4v) is 2.94. The van der Waals surface area contributed by atoms with Crippen molar-refractivity contribution < 1.29 is 22.7 Å². The molecule has 4 N–H and O–H groups in total. The molecule has 0 atom stereocenters. The third-order valence-electron chi connectivity index (χ3n) is 3.65. The molecule has 0 heterocycles. The summed E-state index contributed by atoms with van der Waals surface area (Å²) >= 11 is 6.04. The normalized spacial score (nSPS) is 11.3. The molecular weight excluding hydrogens is 420 g/mol. The van der Waals surface area contributed by atoms with E-state index in [1.54, 1.807) is 12.1 Å². The quantitative estimate of drug-likeness (QED) is 0.446. The molecule has 29 heavy (non-hydrogen) atoms. The molecular formula is C18H17ClN4O5S. The summed E-state index contributed by atoms with van der Waals surface area (Å²) < 4.78 is 32.9. The number of primary sulfonamides is 1. The van der Waals surface area contributed by atoms with Crippen LogP contribution < -0.4 is 25.2 Å². The molecule has 0 unspecified atom stereocenters. The molecule has 0 aromatic heterocycles. The van der Waals surface area contributed by atoms with Crippen molar-refractivity contribution in [3.63, 3.8) is 0 Å². The number of carbonyl (C=O) groups is 1. The highest BCUT2D eigenvalue weighted by molar-refractivity contribution is 7.89. The van der Waals surface area contributed by atoms with Gasteiger partial charge < -0.3 is 20.1 Å². The molecule has 0 bridgehead atoms. The van der Waals surface area contributed by atoms with E-state index in [2.05, 4.69) is 10.6 Å². The van der Waals surface area contributed by atoms with Gasteiger partial charge in [-0.15, -0.1) is 0 Å². The summed E-state index contributed by atoms with van der Waals surface area (Å²) in [6.45, 7) is 0. The lowest BCUT2D eigenvalue weighted by atomic mass is 10.2. The van der Waals surface area contributed by atoms with Gasteiger partial charge in [0.05, 0.1) is 29.8 Å². The topological polar surface area (TPSA) is 144 Å². The number of halogens is 1. The summed E-state index contributed by atoms with van der Waals surface area (Å²) in [5.41, 5.74) is 0.470. The summed E-state index contributed by atoms with van der Waals surface area (Å²) in [6, 6.07) is 10.0. The van der Waals surface area contributed by atoms with Crippen molar-refractivity contribution >= 4 is 38.9 Å². The highest BCUT2D eigenvalue weighted by Gasteiger charge is 2.13. The zero-order chi connectivity index (χ0) is 21.6. The predicted octanol–water partition coefficient (Wildman–Crippen LogP) is 2.46. The molecule has 0 radical (unpaired) electrons. The van der Waals surface area contributed by atoms with E-state index in [1.807, 2.05) is 0 Å². The molecule has 2 aromatic rings. The highest BCUT2D eigenvalue weighted by Crippen LogP contribution is 2.35. The number of benzene rings is 2. The van der Waals surface area contributed by atoms with E-state index in [4.69, 9.17) is 26.2 Å². The third kappa shape index (κ3) is 5.61. The molecule has 1 amide bonds. The van der Waals surface area contributed by atoms with E-state index in [9.17, 15) is 18.5 Å². The van der Waals surface area contributed by atoms with Crippen LogP contribution in [0.5, 0.6) is 11.5 Å². The van der Waals surface area contributed by atoms with Crippen molar-refractivity contribution in [1.82, 2.24) is 0 Å². The molecule has 0 spiro atoms. The number of nitrogens with two attached hydrogens (primary N) is 1. The van der Waals surface area contributed by atoms with Crippen molar-refractivity contribution in [2.45, 2.75) is 4.90 Å². The summed E-state index contributed by atoms with van der Waals surface area (Å²) in [4.78, 5) is 12.2. The summed E-state index contributed by atoms with van der Waals surface area (Å²) in [5.74, 6) is 0.0489. The summed E-state index contributed by atoms with van der Waals surface area (Å²) in [5, 5.41) is 19.9. The standard InChI is InChI=1S/C18H17ClN4O5S/c1-27-16-8-15(17(28-2)7-14(16)19)22-10-11(9-20)18(24)23-12-3-5-13(6-4-12)29(21,25)26/h3-8,10,22H,1-2H3,(H,23,24)(H2,21,25,26)/b11-10-. The molecule has 0 aliphatic heterocycles. The maximum absolute atomic E-state index is 12.3. The van der Waals surface area contributed by atoms with Gasteiger partial charge in [-0.05, 0) is 24.3 Å². The summed E-state index contributed by atoms with van der Waals surface area (Å²) in [7, 11) is -0.954. The lowest BCUT2D eigenvalue weighted by Gasteiger charge is -2.12. The Hall–Kier alpha value is -3.26. The zero-order valence-corrected chi connectivity index (χ0v) is 17.0. The smallest absolute Gasteiger partial charge is 0.267 e. The number of sulfonamides is 1. The Labute approximate surface area is 172 Å². The van der Waals surface area contributed by atoms with E-state index in [1.165, 1.54) is 50.8 Å². The van der Waals surface area contributed by atoms with Gasteiger partial charge in [-0.3, -0.25) is 4.79 Å². The van der Waals surface area contributed by atoms with Crippen LogP contribution in [-0.4, -0.2) is 28.5 Å². The number of carbonyl (C=O) groups excluding carboxylic acids is 1. The van der Waals surface area contributed by atoms with Crippen LogP contribution in [0.3, 0.4) is 0 Å². The van der Waals surface area contributed by atoms with Crippen molar-refractivity contribution in [2.75, 3.05) is 24.9 Å². The summed E-state index contributed by atoms with van der Waals surface area (Å²) in [6.07, 6.45) is 1.19. The Kier molecular flexibility index (Phi) is 7.06. The van der Waals surface area contributed by atoms with Crippen LogP contribution in [0.2, 0.25) is 5.02 Å². The number of nitriles is 1. The van der Waals surface area contributed by atoms with Gasteiger partial charge in [0.2, 0.25) is 10.0 Å². The third-order valence-corrected chi connectivity index (χ3v) is 4.88. The van der Waals surface area contributed by atoms with Gasteiger partial charge in [-0.1, -0.05) is 11.6 Å². The lowest BCUT2D eigenvalue weighted by Crippen LogP contribution is -2.15. The van der Waals surface area contributed by atoms with Gasteiger partial charge in [-0.2, -0.15) is 5.26 Å². The minimum absolute atomic E-state index is 0.100. The first-order chi connectivity index (χ1) is 13.7. The van der Waals surface area contributed by atoms with Crippen molar-refractivity contribution in [3.8, 4) is 17.6 Å². The van der Waals surface area contributed by atoms with Gasteiger partial charge in [-0.25, -0.2) is 13.6 Å². The Morgan fingerprint density at radius 3 is 2.31 bits per heavy atom. The molecule has 0 saturated heterocycles. The molecule has 152 valence electrons. The van der Waals surface area contributed by atoms with Crippen molar-refractivity contribution in [3.05, 3.63) is 53.2 Å². The number of anilines is 2. The number of nitrogens with one attached hydrogen (secondary N) is 2. The SMILES string of the molecule is COc1cc(N/C=C(/C#N)C(=O)Nc2ccc(S(N)(=O)=O)cc2)c(OC)cc1Cl. The Morgan fingerprint density at radius 1 is 1.17 bits per heavy atom. The van der Waals surface area contributed by atoms with Gasteiger partial charge in [0.25, 0.3) is 5.91 Å². The van der Waals surface area contributed by atoms with Crippen LogP contribution in [0, 0.1) is 11.3 Å². The fraction of sp³-hybridized carbons (Fsp3) is 0.111. The van der Waals surface area contributed by atoms with E-state index in [-0.39, 0.29) is 16.2 Å². The average molecular weight is 437 g/mol. The first-order valence-corrected chi connectivity index (χ1v) is 9.84. The second-order valence-electron chi connectivity index (χ2n) is 5.52. The molecule has 0 aliphatic carbocycles. The van der Waals surface area contributed by atoms with Crippen LogP contribution in [0.1, 0.15) is 0 Å². The maximum atomic E-state index is 12.3. The van der Waals surface area contributed by atoms with Gasteiger partial charge in [0, 0.05) is 24.0 Å². The van der Waals surface area contributed by atoms with Crippen molar-refractivity contribution in [2.24, 2.45) is 5.14 Å². The van der Waals surface area contributed by atoms with E-state index in [0.717, 1.165) is 0 Å². The molecule has 2 rings (SSSR count). The second-order valence-corrected chi connectivity index (χ2v) is 7.49. The number of hydrogen-bond acceptors (Lipinski definition) is 7. The Bertz CT molecular complexity index is 1090.